The maximum atomic E-state index is 12.6. The Balaban J connectivity index is 1.91. The molecule has 0 radical (unpaired) electrons. The van der Waals surface area contributed by atoms with Gasteiger partial charge in [-0.25, -0.2) is 0 Å². The van der Waals surface area contributed by atoms with Gasteiger partial charge in [0, 0.05) is 23.6 Å². The third-order valence-electron chi connectivity index (χ3n) is 4.96. The van der Waals surface area contributed by atoms with Gasteiger partial charge in [-0.3, -0.25) is 4.74 Å². The first kappa shape index (κ1) is 16.2. The lowest BCUT2D eigenvalue weighted by Crippen LogP contribution is -2.44. The molecule has 0 bridgehead atoms. The van der Waals surface area contributed by atoms with Gasteiger partial charge in [-0.05, 0) is 31.6 Å². The summed E-state index contributed by atoms with van der Waals surface area (Å²) in [6.45, 7) is 3.52. The van der Waals surface area contributed by atoms with Crippen LogP contribution in [0.4, 0.5) is 13.2 Å². The molecule has 5 atom stereocenters. The maximum absolute atomic E-state index is 12.6. The first-order chi connectivity index (χ1) is 10.7. The highest BCUT2D eigenvalue weighted by atomic mass is 19.4. The van der Waals surface area contributed by atoms with E-state index in [0.717, 1.165) is 0 Å². The fourth-order valence-electron chi connectivity index (χ4n) is 3.93. The first-order valence-electron chi connectivity index (χ1n) is 7.62. The molecule has 1 aliphatic carbocycles. The number of rotatable bonds is 1. The maximum Gasteiger partial charge on any atom is 0.522 e. The molecule has 2 aliphatic rings. The second kappa shape index (κ2) is 5.47. The number of hydrogen-bond donors (Lipinski definition) is 2. The number of halogens is 3. The topological polar surface area (TPSA) is 58.9 Å². The van der Waals surface area contributed by atoms with Crippen LogP contribution in [0.25, 0.3) is 0 Å². The molecule has 1 aliphatic heterocycles. The standard InChI is InChI=1S/C16H19F3O4/c1-7-3-11-10(6-13(7)23-16(17,18)19)8(2)22-14-5-9(20)4-12(21)15(11)14/h4-5,7-8,10-11,13,20-21H,3,6H2,1-2H3. The van der Waals surface area contributed by atoms with Gasteiger partial charge in [-0.15, -0.1) is 13.2 Å². The van der Waals surface area contributed by atoms with E-state index in [2.05, 4.69) is 4.74 Å². The Morgan fingerprint density at radius 1 is 1.17 bits per heavy atom. The van der Waals surface area contributed by atoms with Gasteiger partial charge in [0.25, 0.3) is 0 Å². The molecule has 1 saturated carbocycles. The van der Waals surface area contributed by atoms with Crippen molar-refractivity contribution in [1.29, 1.82) is 0 Å². The molecule has 0 amide bonds. The molecular weight excluding hydrogens is 313 g/mol. The van der Waals surface area contributed by atoms with Crippen molar-refractivity contribution < 1.29 is 32.9 Å². The molecule has 0 aromatic heterocycles. The Bertz CT molecular complexity index is 602. The summed E-state index contributed by atoms with van der Waals surface area (Å²) in [7, 11) is 0. The van der Waals surface area contributed by atoms with Crippen molar-refractivity contribution >= 4 is 0 Å². The average Bonchev–Trinajstić information content (AvgIpc) is 2.38. The number of benzene rings is 1. The summed E-state index contributed by atoms with van der Waals surface area (Å²) in [6.07, 6.45) is -5.21. The van der Waals surface area contributed by atoms with Gasteiger partial charge in [-0.1, -0.05) is 6.92 Å². The highest BCUT2D eigenvalue weighted by molar-refractivity contribution is 5.53. The zero-order chi connectivity index (χ0) is 16.9. The Morgan fingerprint density at radius 3 is 2.52 bits per heavy atom. The van der Waals surface area contributed by atoms with E-state index in [1.54, 1.807) is 13.8 Å². The van der Waals surface area contributed by atoms with Crippen LogP contribution in [0.15, 0.2) is 12.1 Å². The van der Waals surface area contributed by atoms with Crippen LogP contribution in [0.3, 0.4) is 0 Å². The summed E-state index contributed by atoms with van der Waals surface area (Å²) in [5, 5.41) is 19.7. The molecule has 0 spiro atoms. The summed E-state index contributed by atoms with van der Waals surface area (Å²) < 4.78 is 47.7. The van der Waals surface area contributed by atoms with Crippen LogP contribution in [0.1, 0.15) is 38.2 Å². The molecule has 7 heteroatoms. The lowest BCUT2D eigenvalue weighted by molar-refractivity contribution is -0.352. The summed E-state index contributed by atoms with van der Waals surface area (Å²) in [5.41, 5.74) is 0.572. The molecule has 23 heavy (non-hydrogen) atoms. The minimum absolute atomic E-state index is 0.0794. The zero-order valence-electron chi connectivity index (χ0n) is 12.8. The van der Waals surface area contributed by atoms with Crippen LogP contribution < -0.4 is 4.74 Å². The van der Waals surface area contributed by atoms with Gasteiger partial charge >= 0.3 is 6.36 Å². The van der Waals surface area contributed by atoms with E-state index >= 15 is 0 Å². The molecule has 1 heterocycles. The second-order valence-corrected chi connectivity index (χ2v) is 6.52. The first-order valence-corrected chi connectivity index (χ1v) is 7.62. The van der Waals surface area contributed by atoms with Crippen molar-refractivity contribution in [3.8, 4) is 17.2 Å². The summed E-state index contributed by atoms with van der Waals surface area (Å²) in [6, 6.07) is 2.67. The molecule has 2 N–H and O–H groups in total. The average molecular weight is 332 g/mol. The van der Waals surface area contributed by atoms with Crippen molar-refractivity contribution in [1.82, 2.24) is 0 Å². The van der Waals surface area contributed by atoms with E-state index in [4.69, 9.17) is 4.74 Å². The molecule has 3 rings (SSSR count). The molecule has 1 aromatic rings. The van der Waals surface area contributed by atoms with Gasteiger partial charge in [0.1, 0.15) is 17.2 Å². The number of ether oxygens (including phenoxy) is 2. The zero-order valence-corrected chi connectivity index (χ0v) is 12.8. The van der Waals surface area contributed by atoms with E-state index in [-0.39, 0.29) is 41.8 Å². The Morgan fingerprint density at radius 2 is 1.87 bits per heavy atom. The van der Waals surface area contributed by atoms with Crippen molar-refractivity contribution in [3.63, 3.8) is 0 Å². The molecule has 1 fully saturated rings. The van der Waals surface area contributed by atoms with E-state index in [1.165, 1.54) is 12.1 Å². The summed E-state index contributed by atoms with van der Waals surface area (Å²) in [4.78, 5) is 0. The molecular formula is C16H19F3O4. The molecule has 4 nitrogen and oxygen atoms in total. The second-order valence-electron chi connectivity index (χ2n) is 6.52. The third kappa shape index (κ3) is 3.06. The van der Waals surface area contributed by atoms with E-state index < -0.39 is 12.5 Å². The lowest BCUT2D eigenvalue weighted by atomic mass is 9.67. The van der Waals surface area contributed by atoms with Crippen molar-refractivity contribution in [2.45, 2.75) is 51.2 Å². The van der Waals surface area contributed by atoms with Crippen molar-refractivity contribution in [2.75, 3.05) is 0 Å². The smallest absolute Gasteiger partial charge is 0.508 e. The minimum atomic E-state index is -4.66. The monoisotopic (exact) mass is 332 g/mol. The number of hydrogen-bond acceptors (Lipinski definition) is 4. The Kier molecular flexibility index (Phi) is 3.86. The summed E-state index contributed by atoms with van der Waals surface area (Å²) in [5.74, 6) is -0.375. The fourth-order valence-corrected chi connectivity index (χ4v) is 3.93. The van der Waals surface area contributed by atoms with Crippen molar-refractivity contribution in [2.24, 2.45) is 11.8 Å². The lowest BCUT2D eigenvalue weighted by Gasteiger charge is -2.46. The predicted octanol–water partition coefficient (Wildman–Crippen LogP) is 3.91. The van der Waals surface area contributed by atoms with E-state index in [0.29, 0.717) is 17.7 Å². The Labute approximate surface area is 131 Å². The number of aromatic hydroxyl groups is 2. The number of phenols is 2. The normalized spacial score (nSPS) is 33.5. The predicted molar refractivity (Wildman–Crippen MR) is 75.4 cm³/mol. The van der Waals surface area contributed by atoms with E-state index in [9.17, 15) is 23.4 Å². The van der Waals surface area contributed by atoms with Gasteiger partial charge in [0.2, 0.25) is 0 Å². The molecule has 5 unspecified atom stereocenters. The van der Waals surface area contributed by atoms with Crippen LogP contribution in [0.2, 0.25) is 0 Å². The largest absolute Gasteiger partial charge is 0.522 e. The van der Waals surface area contributed by atoms with Gasteiger partial charge in [-0.2, -0.15) is 0 Å². The van der Waals surface area contributed by atoms with Crippen LogP contribution >= 0.6 is 0 Å². The minimum Gasteiger partial charge on any atom is -0.508 e. The van der Waals surface area contributed by atoms with Crippen LogP contribution in [-0.2, 0) is 4.74 Å². The number of phenolic OH excluding ortho intramolecular Hbond substituents is 2. The number of alkyl halides is 3. The van der Waals surface area contributed by atoms with Crippen LogP contribution in [0.5, 0.6) is 17.2 Å². The fraction of sp³-hybridized carbons (Fsp3) is 0.625. The highest BCUT2D eigenvalue weighted by Crippen LogP contribution is 2.53. The molecule has 0 saturated heterocycles. The SMILES string of the molecule is CC1CC2c3c(O)cc(O)cc3OC(C)C2CC1OC(F)(F)F. The highest BCUT2D eigenvalue weighted by Gasteiger charge is 2.47. The van der Waals surface area contributed by atoms with Crippen LogP contribution in [0, 0.1) is 11.8 Å². The van der Waals surface area contributed by atoms with Crippen LogP contribution in [-0.4, -0.2) is 28.8 Å². The van der Waals surface area contributed by atoms with E-state index in [1.807, 2.05) is 0 Å². The quantitative estimate of drug-likeness (QED) is 0.818. The van der Waals surface area contributed by atoms with Crippen molar-refractivity contribution in [3.05, 3.63) is 17.7 Å². The van der Waals surface area contributed by atoms with Gasteiger partial charge < -0.3 is 14.9 Å². The molecule has 128 valence electrons. The molecule has 1 aromatic carbocycles. The summed E-state index contributed by atoms with van der Waals surface area (Å²) >= 11 is 0. The van der Waals surface area contributed by atoms with Gasteiger partial charge in [0.05, 0.1) is 12.2 Å². The Hall–Kier alpha value is -1.63. The number of fused-ring (bicyclic) bond motifs is 3. The van der Waals surface area contributed by atoms with Gasteiger partial charge in [0.15, 0.2) is 0 Å². The third-order valence-corrected chi connectivity index (χ3v) is 4.96.